The molecule has 0 bridgehead atoms. The number of aromatic nitrogens is 2. The number of nitrogens with one attached hydrogen (secondary N) is 1. The molecule has 1 aromatic carbocycles. The van der Waals surface area contributed by atoms with Gasteiger partial charge in [0.15, 0.2) is 0 Å². The first-order valence-corrected chi connectivity index (χ1v) is 7.77. The topological polar surface area (TPSA) is 51.0 Å². The van der Waals surface area contributed by atoms with E-state index in [0.29, 0.717) is 11.9 Å². The summed E-state index contributed by atoms with van der Waals surface area (Å²) in [6, 6.07) is 6.81. The highest BCUT2D eigenvalue weighted by Gasteiger charge is 2.24. The quantitative estimate of drug-likeness (QED) is 0.914. The van der Waals surface area contributed by atoms with Gasteiger partial charge >= 0.3 is 0 Å². The molecule has 1 N–H and O–H groups in total. The summed E-state index contributed by atoms with van der Waals surface area (Å²) < 4.78 is 5.29. The van der Waals surface area contributed by atoms with E-state index in [1.165, 1.54) is 36.9 Å². The molecule has 2 aromatic rings. The molecule has 0 spiro atoms. The van der Waals surface area contributed by atoms with Crippen LogP contribution in [0.1, 0.15) is 38.7 Å². The maximum atomic E-state index is 5.29. The lowest BCUT2D eigenvalue weighted by Gasteiger charge is -2.33. The zero-order valence-corrected chi connectivity index (χ0v) is 13.0. The van der Waals surface area contributed by atoms with Gasteiger partial charge in [-0.1, -0.05) is 19.9 Å². The predicted octanol–water partition coefficient (Wildman–Crippen LogP) is 4.28. The van der Waals surface area contributed by atoms with Crippen LogP contribution in [0.15, 0.2) is 29.0 Å². The smallest absolute Gasteiger partial charge is 0.247 e. The molecule has 1 fully saturated rings. The third-order valence-corrected chi connectivity index (χ3v) is 4.80. The molecule has 1 aliphatic rings. The minimum atomic E-state index is 0.563. The summed E-state index contributed by atoms with van der Waals surface area (Å²) in [5.41, 5.74) is 3.40. The van der Waals surface area contributed by atoms with Crippen molar-refractivity contribution in [2.75, 3.05) is 5.32 Å². The summed E-state index contributed by atoms with van der Waals surface area (Å²) >= 11 is 0. The molecule has 0 aliphatic heterocycles. The predicted molar refractivity (Wildman–Crippen MR) is 84.1 cm³/mol. The third-order valence-electron chi connectivity index (χ3n) is 4.80. The fourth-order valence-corrected chi connectivity index (χ4v) is 3.11. The van der Waals surface area contributed by atoms with Crippen LogP contribution in [-0.4, -0.2) is 16.2 Å². The van der Waals surface area contributed by atoms with E-state index in [1.54, 1.807) is 0 Å². The summed E-state index contributed by atoms with van der Waals surface area (Å²) in [5.74, 6) is 2.20. The van der Waals surface area contributed by atoms with Crippen molar-refractivity contribution in [1.82, 2.24) is 10.2 Å². The van der Waals surface area contributed by atoms with Crippen LogP contribution in [0.25, 0.3) is 11.5 Å². The van der Waals surface area contributed by atoms with Gasteiger partial charge in [0.1, 0.15) is 0 Å². The van der Waals surface area contributed by atoms with Crippen LogP contribution in [0, 0.1) is 18.8 Å². The van der Waals surface area contributed by atoms with Crippen molar-refractivity contribution < 1.29 is 4.42 Å². The van der Waals surface area contributed by atoms with E-state index >= 15 is 0 Å². The SMILES string of the molecule is Cc1ccc(-c2nnco2)cc1NC1CCC(C)C(C)C1. The van der Waals surface area contributed by atoms with Gasteiger partial charge in [0.2, 0.25) is 12.3 Å². The van der Waals surface area contributed by atoms with Crippen LogP contribution in [0.5, 0.6) is 0 Å². The molecule has 1 aromatic heterocycles. The van der Waals surface area contributed by atoms with E-state index in [2.05, 4.69) is 48.4 Å². The van der Waals surface area contributed by atoms with E-state index in [1.807, 2.05) is 6.07 Å². The maximum Gasteiger partial charge on any atom is 0.247 e. The van der Waals surface area contributed by atoms with Crippen LogP contribution < -0.4 is 5.32 Å². The zero-order chi connectivity index (χ0) is 14.8. The van der Waals surface area contributed by atoms with Crippen molar-refractivity contribution in [3.05, 3.63) is 30.2 Å². The first-order valence-electron chi connectivity index (χ1n) is 7.77. The Kier molecular flexibility index (Phi) is 3.95. The maximum absolute atomic E-state index is 5.29. The molecule has 112 valence electrons. The van der Waals surface area contributed by atoms with E-state index in [0.717, 1.165) is 17.4 Å². The van der Waals surface area contributed by atoms with E-state index in [9.17, 15) is 0 Å². The Morgan fingerprint density at radius 1 is 1.19 bits per heavy atom. The molecule has 21 heavy (non-hydrogen) atoms. The lowest BCUT2D eigenvalue weighted by Crippen LogP contribution is -2.30. The summed E-state index contributed by atoms with van der Waals surface area (Å²) in [4.78, 5) is 0. The van der Waals surface area contributed by atoms with Crippen molar-refractivity contribution in [2.24, 2.45) is 11.8 Å². The van der Waals surface area contributed by atoms with Gasteiger partial charge in [0.05, 0.1) is 0 Å². The largest absolute Gasteiger partial charge is 0.423 e. The standard InChI is InChI=1S/C17H23N3O/c1-11-5-7-15(8-13(11)3)19-16-9-14(6-4-12(16)2)17-20-18-10-21-17/h4,6,9-11,13,15,19H,5,7-8H2,1-3H3. The number of aryl methyl sites for hydroxylation is 1. The molecule has 0 amide bonds. The van der Waals surface area contributed by atoms with Crippen molar-refractivity contribution in [1.29, 1.82) is 0 Å². The molecule has 1 heterocycles. The molecular formula is C17H23N3O. The Morgan fingerprint density at radius 2 is 2.05 bits per heavy atom. The van der Waals surface area contributed by atoms with Gasteiger partial charge in [-0.15, -0.1) is 10.2 Å². The molecule has 3 rings (SSSR count). The fraction of sp³-hybridized carbons (Fsp3) is 0.529. The van der Waals surface area contributed by atoms with Gasteiger partial charge in [0, 0.05) is 17.3 Å². The van der Waals surface area contributed by atoms with Crippen molar-refractivity contribution >= 4 is 5.69 Å². The van der Waals surface area contributed by atoms with Crippen LogP contribution in [0.4, 0.5) is 5.69 Å². The van der Waals surface area contributed by atoms with Crippen LogP contribution in [0.2, 0.25) is 0 Å². The minimum absolute atomic E-state index is 0.563. The van der Waals surface area contributed by atoms with Gasteiger partial charge in [-0.3, -0.25) is 0 Å². The normalized spacial score (nSPS) is 25.8. The molecule has 1 aliphatic carbocycles. The Bertz CT molecular complexity index is 594. The number of hydrogen-bond acceptors (Lipinski definition) is 4. The summed E-state index contributed by atoms with van der Waals surface area (Å²) in [7, 11) is 0. The minimum Gasteiger partial charge on any atom is -0.423 e. The second-order valence-corrected chi connectivity index (χ2v) is 6.38. The zero-order valence-electron chi connectivity index (χ0n) is 13.0. The van der Waals surface area contributed by atoms with Crippen LogP contribution in [0.3, 0.4) is 0 Å². The van der Waals surface area contributed by atoms with E-state index < -0.39 is 0 Å². The van der Waals surface area contributed by atoms with Crippen LogP contribution >= 0.6 is 0 Å². The molecule has 0 radical (unpaired) electrons. The number of hydrogen-bond donors (Lipinski definition) is 1. The fourth-order valence-electron chi connectivity index (χ4n) is 3.11. The second-order valence-electron chi connectivity index (χ2n) is 6.38. The van der Waals surface area contributed by atoms with Gasteiger partial charge in [0.25, 0.3) is 0 Å². The second kappa shape index (κ2) is 5.88. The summed E-state index contributed by atoms with van der Waals surface area (Å²) in [5, 5.41) is 11.4. The molecular weight excluding hydrogens is 262 g/mol. The highest BCUT2D eigenvalue weighted by molar-refractivity contribution is 5.64. The lowest BCUT2D eigenvalue weighted by molar-refractivity contribution is 0.261. The van der Waals surface area contributed by atoms with Crippen molar-refractivity contribution in [2.45, 2.75) is 46.1 Å². The average molecular weight is 285 g/mol. The first-order chi connectivity index (χ1) is 10.1. The van der Waals surface area contributed by atoms with Gasteiger partial charge in [-0.05, 0) is 55.7 Å². The van der Waals surface area contributed by atoms with Gasteiger partial charge in [-0.2, -0.15) is 0 Å². The molecule has 4 nitrogen and oxygen atoms in total. The monoisotopic (exact) mass is 285 g/mol. The number of rotatable bonds is 3. The van der Waals surface area contributed by atoms with E-state index in [-0.39, 0.29) is 0 Å². The number of nitrogens with zero attached hydrogens (tertiary/aromatic N) is 2. The van der Waals surface area contributed by atoms with Gasteiger partial charge in [-0.25, -0.2) is 0 Å². The summed E-state index contributed by atoms with van der Waals surface area (Å²) in [6.07, 6.45) is 5.16. The average Bonchev–Trinajstić information content (AvgIpc) is 2.99. The number of benzene rings is 1. The Morgan fingerprint density at radius 3 is 2.76 bits per heavy atom. The molecule has 3 unspecified atom stereocenters. The van der Waals surface area contributed by atoms with Gasteiger partial charge < -0.3 is 9.73 Å². The van der Waals surface area contributed by atoms with Crippen molar-refractivity contribution in [3.63, 3.8) is 0 Å². The lowest BCUT2D eigenvalue weighted by atomic mass is 9.79. The summed E-state index contributed by atoms with van der Waals surface area (Å²) in [6.45, 7) is 6.86. The molecule has 4 heteroatoms. The Labute approximate surface area is 126 Å². The first kappa shape index (κ1) is 14.1. The Balaban J connectivity index is 1.77. The van der Waals surface area contributed by atoms with Crippen LogP contribution in [-0.2, 0) is 0 Å². The Hall–Kier alpha value is -1.84. The highest BCUT2D eigenvalue weighted by Crippen LogP contribution is 2.32. The van der Waals surface area contributed by atoms with Crippen molar-refractivity contribution in [3.8, 4) is 11.5 Å². The highest BCUT2D eigenvalue weighted by atomic mass is 16.4. The third kappa shape index (κ3) is 3.09. The molecule has 1 saturated carbocycles. The molecule has 0 saturated heterocycles. The molecule has 3 atom stereocenters. The van der Waals surface area contributed by atoms with E-state index in [4.69, 9.17) is 4.42 Å². The number of anilines is 1.